The standard InChI is InChI=1S/C10H15N3O/c1-8(10(14)12-11)13(2)9-6-4-3-5-7-9/h3-8H,11H2,1-2H3,(H,12,14). The molecule has 1 amide bonds. The van der Waals surface area contributed by atoms with Crippen molar-refractivity contribution in [3.05, 3.63) is 30.3 Å². The molecule has 1 rings (SSSR count). The fraction of sp³-hybridized carbons (Fsp3) is 0.300. The van der Waals surface area contributed by atoms with Crippen LogP contribution in [0.2, 0.25) is 0 Å². The fourth-order valence-electron chi connectivity index (χ4n) is 1.18. The topological polar surface area (TPSA) is 58.4 Å². The van der Waals surface area contributed by atoms with Crippen LogP contribution in [0, 0.1) is 0 Å². The summed E-state index contributed by atoms with van der Waals surface area (Å²) in [6.07, 6.45) is 0. The lowest BCUT2D eigenvalue weighted by atomic mass is 10.2. The van der Waals surface area contributed by atoms with Gasteiger partial charge >= 0.3 is 0 Å². The molecule has 1 unspecified atom stereocenters. The Kier molecular flexibility index (Phi) is 3.48. The van der Waals surface area contributed by atoms with Gasteiger partial charge in [-0.2, -0.15) is 0 Å². The third-order valence-corrected chi connectivity index (χ3v) is 2.27. The first kappa shape index (κ1) is 10.5. The van der Waals surface area contributed by atoms with Crippen molar-refractivity contribution in [2.24, 2.45) is 5.84 Å². The van der Waals surface area contributed by atoms with Crippen molar-refractivity contribution in [1.82, 2.24) is 5.43 Å². The van der Waals surface area contributed by atoms with Crippen LogP contribution in [0.5, 0.6) is 0 Å². The Balaban J connectivity index is 2.75. The second kappa shape index (κ2) is 4.62. The van der Waals surface area contributed by atoms with Crippen molar-refractivity contribution in [3.8, 4) is 0 Å². The van der Waals surface area contributed by atoms with E-state index in [0.717, 1.165) is 5.69 Å². The number of nitrogens with one attached hydrogen (secondary N) is 1. The molecule has 0 bridgehead atoms. The molecule has 4 nitrogen and oxygen atoms in total. The van der Waals surface area contributed by atoms with Crippen molar-refractivity contribution in [2.75, 3.05) is 11.9 Å². The van der Waals surface area contributed by atoms with E-state index in [0.29, 0.717) is 0 Å². The summed E-state index contributed by atoms with van der Waals surface area (Å²) in [5.41, 5.74) is 3.12. The lowest BCUT2D eigenvalue weighted by Gasteiger charge is -2.25. The summed E-state index contributed by atoms with van der Waals surface area (Å²) in [4.78, 5) is 13.1. The third-order valence-electron chi connectivity index (χ3n) is 2.27. The molecule has 0 saturated carbocycles. The minimum atomic E-state index is -0.276. The van der Waals surface area contributed by atoms with Crippen LogP contribution < -0.4 is 16.2 Å². The van der Waals surface area contributed by atoms with Crippen LogP contribution in [0.15, 0.2) is 30.3 Å². The Morgan fingerprint density at radius 3 is 2.50 bits per heavy atom. The molecule has 0 radical (unpaired) electrons. The van der Waals surface area contributed by atoms with Gasteiger partial charge in [0, 0.05) is 12.7 Å². The Hall–Kier alpha value is -1.55. The maximum atomic E-state index is 11.2. The van der Waals surface area contributed by atoms with Crippen LogP contribution in [-0.4, -0.2) is 19.0 Å². The van der Waals surface area contributed by atoms with Gasteiger partial charge in [-0.25, -0.2) is 5.84 Å². The molecule has 0 aromatic heterocycles. The van der Waals surface area contributed by atoms with E-state index in [1.165, 1.54) is 0 Å². The minimum absolute atomic E-state index is 0.198. The predicted molar refractivity (Wildman–Crippen MR) is 56.6 cm³/mol. The van der Waals surface area contributed by atoms with E-state index in [1.54, 1.807) is 6.92 Å². The van der Waals surface area contributed by atoms with Crippen LogP contribution in [-0.2, 0) is 4.79 Å². The monoisotopic (exact) mass is 193 g/mol. The zero-order chi connectivity index (χ0) is 10.6. The summed E-state index contributed by atoms with van der Waals surface area (Å²) < 4.78 is 0. The van der Waals surface area contributed by atoms with E-state index >= 15 is 0 Å². The normalized spacial score (nSPS) is 11.9. The minimum Gasteiger partial charge on any atom is -0.363 e. The van der Waals surface area contributed by atoms with E-state index in [-0.39, 0.29) is 11.9 Å². The molecular formula is C10H15N3O. The van der Waals surface area contributed by atoms with E-state index < -0.39 is 0 Å². The molecule has 0 spiro atoms. The quantitative estimate of drug-likeness (QED) is 0.417. The van der Waals surface area contributed by atoms with Crippen molar-refractivity contribution in [1.29, 1.82) is 0 Å². The Morgan fingerprint density at radius 1 is 1.43 bits per heavy atom. The smallest absolute Gasteiger partial charge is 0.256 e. The van der Waals surface area contributed by atoms with Gasteiger partial charge < -0.3 is 4.90 Å². The molecule has 1 aromatic rings. The summed E-state index contributed by atoms with van der Waals surface area (Å²) in [5, 5.41) is 0. The molecule has 1 aromatic carbocycles. The van der Waals surface area contributed by atoms with Crippen molar-refractivity contribution < 1.29 is 4.79 Å². The first-order valence-electron chi connectivity index (χ1n) is 4.45. The lowest BCUT2D eigenvalue weighted by molar-refractivity contribution is -0.122. The van der Waals surface area contributed by atoms with Gasteiger partial charge in [0.1, 0.15) is 6.04 Å². The highest BCUT2D eigenvalue weighted by atomic mass is 16.2. The van der Waals surface area contributed by atoms with Crippen LogP contribution in [0.4, 0.5) is 5.69 Å². The number of likely N-dealkylation sites (N-methyl/N-ethyl adjacent to an activating group) is 1. The predicted octanol–water partition coefficient (Wildman–Crippen LogP) is 0.501. The van der Waals surface area contributed by atoms with Gasteiger partial charge in [0.25, 0.3) is 5.91 Å². The number of nitrogens with zero attached hydrogens (tertiary/aromatic N) is 1. The molecule has 76 valence electrons. The second-order valence-electron chi connectivity index (χ2n) is 3.13. The number of hydrazine groups is 1. The molecule has 1 atom stereocenters. The number of hydrogen-bond acceptors (Lipinski definition) is 3. The third kappa shape index (κ3) is 2.23. The zero-order valence-electron chi connectivity index (χ0n) is 8.40. The first-order valence-corrected chi connectivity index (χ1v) is 4.45. The van der Waals surface area contributed by atoms with Gasteiger partial charge in [-0.05, 0) is 19.1 Å². The van der Waals surface area contributed by atoms with Crippen molar-refractivity contribution in [2.45, 2.75) is 13.0 Å². The van der Waals surface area contributed by atoms with Crippen LogP contribution in [0.25, 0.3) is 0 Å². The van der Waals surface area contributed by atoms with Crippen LogP contribution in [0.1, 0.15) is 6.92 Å². The SMILES string of the molecule is CC(C(=O)NN)N(C)c1ccccc1. The van der Waals surface area contributed by atoms with Gasteiger partial charge in [-0.1, -0.05) is 18.2 Å². The van der Waals surface area contributed by atoms with Crippen molar-refractivity contribution in [3.63, 3.8) is 0 Å². The summed E-state index contributed by atoms with van der Waals surface area (Å²) in [5.74, 6) is 4.86. The van der Waals surface area contributed by atoms with E-state index in [1.807, 2.05) is 42.3 Å². The fourth-order valence-corrected chi connectivity index (χ4v) is 1.18. The number of para-hydroxylation sites is 1. The highest BCUT2D eigenvalue weighted by Gasteiger charge is 2.16. The number of amides is 1. The summed E-state index contributed by atoms with van der Waals surface area (Å²) >= 11 is 0. The molecule has 3 N–H and O–H groups in total. The summed E-state index contributed by atoms with van der Waals surface area (Å²) in [7, 11) is 1.86. The van der Waals surface area contributed by atoms with E-state index in [4.69, 9.17) is 5.84 Å². The maximum Gasteiger partial charge on any atom is 0.256 e. The van der Waals surface area contributed by atoms with Gasteiger partial charge in [0.15, 0.2) is 0 Å². The average Bonchev–Trinajstić information content (AvgIpc) is 2.27. The Labute approximate surface area is 83.7 Å². The number of nitrogens with two attached hydrogens (primary N) is 1. The number of carbonyl (C=O) groups is 1. The molecule has 0 fully saturated rings. The first-order chi connectivity index (χ1) is 6.66. The van der Waals surface area contributed by atoms with Gasteiger partial charge in [-0.3, -0.25) is 10.2 Å². The highest BCUT2D eigenvalue weighted by Crippen LogP contribution is 2.13. The molecule has 0 aliphatic carbocycles. The highest BCUT2D eigenvalue weighted by molar-refractivity contribution is 5.84. The molecule has 0 aliphatic rings. The molecule has 0 heterocycles. The van der Waals surface area contributed by atoms with Gasteiger partial charge in [-0.15, -0.1) is 0 Å². The van der Waals surface area contributed by atoms with Crippen LogP contribution in [0.3, 0.4) is 0 Å². The zero-order valence-corrected chi connectivity index (χ0v) is 8.40. The Bertz CT molecular complexity index is 299. The molecule has 0 aliphatic heterocycles. The number of carbonyl (C=O) groups excluding carboxylic acids is 1. The van der Waals surface area contributed by atoms with Crippen LogP contribution >= 0.6 is 0 Å². The number of rotatable bonds is 3. The molecule has 0 saturated heterocycles. The number of hydrogen-bond donors (Lipinski definition) is 2. The largest absolute Gasteiger partial charge is 0.363 e. The average molecular weight is 193 g/mol. The van der Waals surface area contributed by atoms with Gasteiger partial charge in [0.2, 0.25) is 0 Å². The summed E-state index contributed by atoms with van der Waals surface area (Å²) in [6.45, 7) is 1.80. The molecule has 14 heavy (non-hydrogen) atoms. The molecular weight excluding hydrogens is 178 g/mol. The number of benzene rings is 1. The lowest BCUT2D eigenvalue weighted by Crippen LogP contribution is -2.46. The van der Waals surface area contributed by atoms with Crippen molar-refractivity contribution >= 4 is 11.6 Å². The van der Waals surface area contributed by atoms with E-state index in [2.05, 4.69) is 5.43 Å². The second-order valence-corrected chi connectivity index (χ2v) is 3.13. The molecule has 4 heteroatoms. The Morgan fingerprint density at radius 2 is 2.00 bits per heavy atom. The number of anilines is 1. The van der Waals surface area contributed by atoms with E-state index in [9.17, 15) is 4.79 Å². The van der Waals surface area contributed by atoms with Gasteiger partial charge in [0.05, 0.1) is 0 Å². The maximum absolute atomic E-state index is 11.2. The summed E-state index contributed by atoms with van der Waals surface area (Å²) in [6, 6.07) is 9.41.